The minimum Gasteiger partial charge on any atom is -0.395 e. The molecule has 0 unspecified atom stereocenters. The SMILES string of the molecule is OCCN(Cc1ccccc1)c1cnc2cc(-c3cn[nH]c3)ccc2n1. The van der Waals surface area contributed by atoms with Crippen molar-refractivity contribution in [3.63, 3.8) is 0 Å². The minimum absolute atomic E-state index is 0.0615. The molecule has 0 bridgehead atoms. The van der Waals surface area contributed by atoms with Crippen LogP contribution < -0.4 is 4.90 Å². The van der Waals surface area contributed by atoms with E-state index in [0.717, 1.165) is 33.5 Å². The van der Waals surface area contributed by atoms with E-state index in [9.17, 15) is 5.11 Å². The molecule has 6 nitrogen and oxygen atoms in total. The van der Waals surface area contributed by atoms with Gasteiger partial charge >= 0.3 is 0 Å². The Hall–Kier alpha value is -3.25. The number of aliphatic hydroxyl groups is 1. The molecule has 4 aromatic rings. The van der Waals surface area contributed by atoms with Gasteiger partial charge in [-0.1, -0.05) is 36.4 Å². The van der Waals surface area contributed by atoms with Crippen LogP contribution in [0.15, 0.2) is 67.1 Å². The van der Waals surface area contributed by atoms with E-state index < -0.39 is 0 Å². The molecule has 0 atom stereocenters. The minimum atomic E-state index is 0.0615. The molecular formula is C20H19N5O. The number of fused-ring (bicyclic) bond motifs is 1. The second kappa shape index (κ2) is 7.33. The van der Waals surface area contributed by atoms with E-state index in [1.165, 1.54) is 0 Å². The van der Waals surface area contributed by atoms with Crippen LogP contribution in [0, 0.1) is 0 Å². The zero-order valence-corrected chi connectivity index (χ0v) is 14.2. The van der Waals surface area contributed by atoms with Crippen molar-refractivity contribution in [1.29, 1.82) is 0 Å². The lowest BCUT2D eigenvalue weighted by atomic mass is 10.1. The van der Waals surface area contributed by atoms with Crippen LogP contribution in [0.1, 0.15) is 5.56 Å². The molecule has 0 fully saturated rings. The lowest BCUT2D eigenvalue weighted by molar-refractivity contribution is 0.301. The number of rotatable bonds is 6. The summed E-state index contributed by atoms with van der Waals surface area (Å²) < 4.78 is 0. The molecule has 2 aromatic heterocycles. The standard InChI is InChI=1S/C20H19N5O/c26-9-8-25(14-15-4-2-1-3-5-15)20-13-21-19-10-16(6-7-18(19)24-20)17-11-22-23-12-17/h1-7,10-13,26H,8-9,14H2,(H,22,23). The molecule has 2 N–H and O–H groups in total. The predicted octanol–water partition coefficient (Wildman–Crippen LogP) is 3.02. The largest absolute Gasteiger partial charge is 0.395 e. The molecule has 0 saturated heterocycles. The highest BCUT2D eigenvalue weighted by Gasteiger charge is 2.11. The summed E-state index contributed by atoms with van der Waals surface area (Å²) in [6.45, 7) is 1.24. The Labute approximate surface area is 151 Å². The topological polar surface area (TPSA) is 77.9 Å². The summed E-state index contributed by atoms with van der Waals surface area (Å²) in [7, 11) is 0. The Morgan fingerprint density at radius 3 is 2.62 bits per heavy atom. The smallest absolute Gasteiger partial charge is 0.148 e. The maximum absolute atomic E-state index is 9.43. The van der Waals surface area contributed by atoms with Crippen LogP contribution in [-0.4, -0.2) is 38.4 Å². The van der Waals surface area contributed by atoms with Crippen molar-refractivity contribution in [2.75, 3.05) is 18.1 Å². The quantitative estimate of drug-likeness (QED) is 0.562. The molecule has 4 rings (SSSR count). The zero-order chi connectivity index (χ0) is 17.8. The first-order valence-electron chi connectivity index (χ1n) is 8.49. The van der Waals surface area contributed by atoms with E-state index in [2.05, 4.69) is 27.3 Å². The van der Waals surface area contributed by atoms with E-state index in [1.54, 1.807) is 12.4 Å². The Morgan fingerprint density at radius 1 is 0.962 bits per heavy atom. The van der Waals surface area contributed by atoms with Gasteiger partial charge in [-0.2, -0.15) is 5.10 Å². The molecule has 0 radical (unpaired) electrons. The van der Waals surface area contributed by atoms with Gasteiger partial charge in [0.25, 0.3) is 0 Å². The summed E-state index contributed by atoms with van der Waals surface area (Å²) in [5.41, 5.74) is 4.88. The summed E-state index contributed by atoms with van der Waals surface area (Å²) in [5.74, 6) is 0.756. The lowest BCUT2D eigenvalue weighted by Gasteiger charge is -2.23. The normalized spacial score (nSPS) is 11.0. The third-order valence-electron chi connectivity index (χ3n) is 4.27. The van der Waals surface area contributed by atoms with Crippen LogP contribution in [0.25, 0.3) is 22.2 Å². The van der Waals surface area contributed by atoms with Gasteiger partial charge in [-0.3, -0.25) is 10.1 Å². The summed E-state index contributed by atoms with van der Waals surface area (Å²) in [6.07, 6.45) is 5.40. The fourth-order valence-corrected chi connectivity index (χ4v) is 2.94. The number of hydrogen-bond acceptors (Lipinski definition) is 5. The van der Waals surface area contributed by atoms with Crippen LogP contribution >= 0.6 is 0 Å². The first-order chi connectivity index (χ1) is 12.8. The highest BCUT2D eigenvalue weighted by atomic mass is 16.3. The number of hydrogen-bond donors (Lipinski definition) is 2. The zero-order valence-electron chi connectivity index (χ0n) is 14.2. The number of aliphatic hydroxyl groups excluding tert-OH is 1. The van der Waals surface area contributed by atoms with E-state index in [1.807, 2.05) is 47.5 Å². The summed E-state index contributed by atoms with van der Waals surface area (Å²) in [6, 6.07) is 16.1. The van der Waals surface area contributed by atoms with Gasteiger partial charge in [0.2, 0.25) is 0 Å². The fourth-order valence-electron chi connectivity index (χ4n) is 2.94. The molecule has 26 heavy (non-hydrogen) atoms. The Kier molecular flexibility index (Phi) is 4.57. The van der Waals surface area contributed by atoms with E-state index in [-0.39, 0.29) is 6.61 Å². The summed E-state index contributed by atoms with van der Waals surface area (Å²) in [4.78, 5) is 11.4. The number of nitrogens with zero attached hydrogens (tertiary/aromatic N) is 4. The molecule has 0 aliphatic rings. The number of aromatic amines is 1. The van der Waals surface area contributed by atoms with Gasteiger partial charge in [-0.05, 0) is 23.3 Å². The highest BCUT2D eigenvalue weighted by Crippen LogP contribution is 2.23. The third kappa shape index (κ3) is 3.41. The second-order valence-electron chi connectivity index (χ2n) is 6.05. The van der Waals surface area contributed by atoms with Crippen molar-refractivity contribution in [3.05, 3.63) is 72.7 Å². The first-order valence-corrected chi connectivity index (χ1v) is 8.49. The second-order valence-corrected chi connectivity index (χ2v) is 6.05. The number of aromatic nitrogens is 4. The van der Waals surface area contributed by atoms with Crippen molar-refractivity contribution in [3.8, 4) is 11.1 Å². The molecule has 6 heteroatoms. The molecular weight excluding hydrogens is 326 g/mol. The van der Waals surface area contributed by atoms with E-state index in [4.69, 9.17) is 4.98 Å². The van der Waals surface area contributed by atoms with Crippen molar-refractivity contribution in [2.24, 2.45) is 0 Å². The van der Waals surface area contributed by atoms with Crippen molar-refractivity contribution in [1.82, 2.24) is 20.2 Å². The Balaban J connectivity index is 1.65. The third-order valence-corrected chi connectivity index (χ3v) is 4.27. The van der Waals surface area contributed by atoms with Crippen LogP contribution in [-0.2, 0) is 6.54 Å². The Bertz CT molecular complexity index is 986. The maximum Gasteiger partial charge on any atom is 0.148 e. The fraction of sp³-hybridized carbons (Fsp3) is 0.150. The monoisotopic (exact) mass is 345 g/mol. The predicted molar refractivity (Wildman–Crippen MR) is 102 cm³/mol. The van der Waals surface area contributed by atoms with Crippen molar-refractivity contribution >= 4 is 16.9 Å². The molecule has 0 amide bonds. The van der Waals surface area contributed by atoms with Crippen LogP contribution in [0.4, 0.5) is 5.82 Å². The average molecular weight is 345 g/mol. The van der Waals surface area contributed by atoms with Gasteiger partial charge in [0, 0.05) is 24.8 Å². The summed E-state index contributed by atoms with van der Waals surface area (Å²) >= 11 is 0. The van der Waals surface area contributed by atoms with Crippen LogP contribution in [0.5, 0.6) is 0 Å². The molecule has 0 aliphatic heterocycles. The van der Waals surface area contributed by atoms with Crippen LogP contribution in [0.2, 0.25) is 0 Å². The van der Waals surface area contributed by atoms with Gasteiger partial charge in [0.1, 0.15) is 5.82 Å². The summed E-state index contributed by atoms with van der Waals surface area (Å²) in [5, 5.41) is 16.2. The number of H-pyrrole nitrogens is 1. The van der Waals surface area contributed by atoms with Gasteiger partial charge in [-0.15, -0.1) is 0 Å². The molecule has 0 spiro atoms. The molecule has 2 aromatic carbocycles. The van der Waals surface area contributed by atoms with Gasteiger partial charge in [0.05, 0.1) is 30.0 Å². The van der Waals surface area contributed by atoms with Crippen molar-refractivity contribution in [2.45, 2.75) is 6.54 Å². The van der Waals surface area contributed by atoms with Crippen molar-refractivity contribution < 1.29 is 5.11 Å². The van der Waals surface area contributed by atoms with Gasteiger partial charge in [0.15, 0.2) is 0 Å². The van der Waals surface area contributed by atoms with E-state index >= 15 is 0 Å². The van der Waals surface area contributed by atoms with Crippen LogP contribution in [0.3, 0.4) is 0 Å². The highest BCUT2D eigenvalue weighted by molar-refractivity contribution is 5.81. The Morgan fingerprint density at radius 2 is 1.85 bits per heavy atom. The van der Waals surface area contributed by atoms with E-state index in [0.29, 0.717) is 13.1 Å². The number of nitrogens with one attached hydrogen (secondary N) is 1. The number of anilines is 1. The average Bonchev–Trinajstić information content (AvgIpc) is 3.22. The first kappa shape index (κ1) is 16.2. The number of benzene rings is 2. The molecule has 0 aliphatic carbocycles. The van der Waals surface area contributed by atoms with Gasteiger partial charge < -0.3 is 10.0 Å². The van der Waals surface area contributed by atoms with Gasteiger partial charge in [-0.25, -0.2) is 4.98 Å². The molecule has 130 valence electrons. The lowest BCUT2D eigenvalue weighted by Crippen LogP contribution is -2.27. The molecule has 0 saturated carbocycles. The molecule has 2 heterocycles. The maximum atomic E-state index is 9.43.